The first-order valence-corrected chi connectivity index (χ1v) is 7.27. The van der Waals surface area contributed by atoms with Gasteiger partial charge in [-0.3, -0.25) is 0 Å². The molecule has 2 aliphatic carbocycles. The van der Waals surface area contributed by atoms with Gasteiger partial charge in [-0.25, -0.2) is 0 Å². The maximum atomic E-state index is 10.2. The van der Waals surface area contributed by atoms with Crippen LogP contribution in [0.4, 0.5) is 0 Å². The number of aliphatic hydroxyl groups excluding tert-OH is 2. The van der Waals surface area contributed by atoms with E-state index < -0.39 is 0 Å². The summed E-state index contributed by atoms with van der Waals surface area (Å²) in [5.74, 6) is 0.776. The molecule has 5 atom stereocenters. The van der Waals surface area contributed by atoms with Crippen LogP contribution in [0.2, 0.25) is 0 Å². The molecule has 1 heterocycles. The van der Waals surface area contributed by atoms with Crippen molar-refractivity contribution in [1.82, 2.24) is 0 Å². The smallest absolute Gasteiger partial charge is 0.0971 e. The second kappa shape index (κ2) is 3.71. The monoisotopic (exact) mass is 254 g/mol. The Morgan fingerprint density at radius 2 is 1.89 bits per heavy atom. The fraction of sp³-hybridized carbons (Fsp3) is 1.00. The maximum Gasteiger partial charge on any atom is 0.0971 e. The van der Waals surface area contributed by atoms with Gasteiger partial charge in [0.15, 0.2) is 0 Å². The molecular formula is C15H26O3. The van der Waals surface area contributed by atoms with E-state index in [9.17, 15) is 10.2 Å². The Hall–Kier alpha value is -0.120. The minimum absolute atomic E-state index is 0.0185. The normalized spacial score (nSPS) is 54.2. The molecule has 0 bridgehead atoms. The first-order chi connectivity index (χ1) is 8.34. The lowest BCUT2D eigenvalue weighted by molar-refractivity contribution is -0.151. The molecule has 3 aliphatic rings. The summed E-state index contributed by atoms with van der Waals surface area (Å²) < 4.78 is 5.72. The predicted molar refractivity (Wildman–Crippen MR) is 69.1 cm³/mol. The molecule has 2 saturated carbocycles. The van der Waals surface area contributed by atoms with Crippen LogP contribution in [0.3, 0.4) is 0 Å². The van der Waals surface area contributed by atoms with Crippen LogP contribution in [0.5, 0.6) is 0 Å². The molecule has 0 amide bonds. The summed E-state index contributed by atoms with van der Waals surface area (Å²) in [5, 5.41) is 20.1. The lowest BCUT2D eigenvalue weighted by atomic mass is 9.46. The average molecular weight is 254 g/mol. The Labute approximate surface area is 110 Å². The minimum atomic E-state index is -0.232. The maximum absolute atomic E-state index is 10.2. The average Bonchev–Trinajstić information content (AvgIpc) is 2.95. The second-order valence-corrected chi connectivity index (χ2v) is 7.74. The van der Waals surface area contributed by atoms with Crippen LogP contribution < -0.4 is 0 Å². The summed E-state index contributed by atoms with van der Waals surface area (Å²) in [6.45, 7) is 7.81. The second-order valence-electron chi connectivity index (χ2n) is 7.74. The molecule has 3 heteroatoms. The Balaban J connectivity index is 1.98. The van der Waals surface area contributed by atoms with Gasteiger partial charge in [0.25, 0.3) is 0 Å². The number of rotatable bonds is 1. The molecular weight excluding hydrogens is 228 g/mol. The molecule has 0 aromatic carbocycles. The summed E-state index contributed by atoms with van der Waals surface area (Å²) in [4.78, 5) is 0. The number of aliphatic hydroxyl groups is 2. The van der Waals surface area contributed by atoms with Gasteiger partial charge in [0.05, 0.1) is 18.3 Å². The van der Waals surface area contributed by atoms with Gasteiger partial charge >= 0.3 is 0 Å². The number of hydrogen-bond acceptors (Lipinski definition) is 3. The third kappa shape index (κ3) is 1.60. The van der Waals surface area contributed by atoms with Gasteiger partial charge in [0, 0.05) is 12.5 Å². The van der Waals surface area contributed by atoms with E-state index in [1.807, 2.05) is 0 Å². The summed E-state index contributed by atoms with van der Waals surface area (Å²) >= 11 is 0. The number of ether oxygens (including phenoxy) is 1. The van der Waals surface area contributed by atoms with Crippen molar-refractivity contribution in [2.75, 3.05) is 13.2 Å². The number of epoxide rings is 1. The van der Waals surface area contributed by atoms with Crippen LogP contribution in [0.1, 0.15) is 46.5 Å². The summed E-state index contributed by atoms with van der Waals surface area (Å²) in [6.07, 6.45) is 3.73. The summed E-state index contributed by atoms with van der Waals surface area (Å²) in [5.41, 5.74) is 0.119. The van der Waals surface area contributed by atoms with Crippen LogP contribution in [0, 0.1) is 22.7 Å². The van der Waals surface area contributed by atoms with Crippen molar-refractivity contribution < 1.29 is 14.9 Å². The summed E-state index contributed by atoms with van der Waals surface area (Å²) in [7, 11) is 0. The van der Waals surface area contributed by atoms with Gasteiger partial charge in [-0.05, 0) is 42.4 Å². The highest BCUT2D eigenvalue weighted by Crippen LogP contribution is 2.65. The van der Waals surface area contributed by atoms with Crippen LogP contribution in [-0.4, -0.2) is 35.1 Å². The fourth-order valence-corrected chi connectivity index (χ4v) is 5.45. The summed E-state index contributed by atoms with van der Waals surface area (Å²) in [6, 6.07) is 0. The first kappa shape index (κ1) is 12.9. The van der Waals surface area contributed by atoms with Crippen molar-refractivity contribution >= 4 is 0 Å². The van der Waals surface area contributed by atoms with Crippen LogP contribution in [-0.2, 0) is 4.74 Å². The zero-order chi connectivity index (χ0) is 13.2. The van der Waals surface area contributed by atoms with E-state index in [1.54, 1.807) is 0 Å². The standard InChI is InChI=1S/C15H26O3/c1-13(2)6-10(17)7-14(3)11(13)4-5-15(9-18-15)12(14)8-16/h10-12,16-17H,4-9H2,1-3H3. The highest BCUT2D eigenvalue weighted by Gasteiger charge is 2.65. The van der Waals surface area contributed by atoms with Crippen molar-refractivity contribution in [2.24, 2.45) is 22.7 Å². The van der Waals surface area contributed by atoms with Gasteiger partial charge in [0.2, 0.25) is 0 Å². The molecule has 1 spiro atoms. The Bertz CT molecular complexity index is 344. The molecule has 3 rings (SSSR count). The lowest BCUT2D eigenvalue weighted by Gasteiger charge is -2.59. The molecule has 5 unspecified atom stereocenters. The topological polar surface area (TPSA) is 53.0 Å². The van der Waals surface area contributed by atoms with Crippen LogP contribution in [0.15, 0.2) is 0 Å². The minimum Gasteiger partial charge on any atom is -0.396 e. The molecule has 0 aromatic rings. The van der Waals surface area contributed by atoms with Gasteiger partial charge in [0.1, 0.15) is 0 Å². The number of fused-ring (bicyclic) bond motifs is 1. The zero-order valence-corrected chi connectivity index (χ0v) is 11.8. The van der Waals surface area contributed by atoms with E-state index in [0.717, 1.165) is 25.9 Å². The van der Waals surface area contributed by atoms with E-state index in [4.69, 9.17) is 4.74 Å². The largest absolute Gasteiger partial charge is 0.396 e. The molecule has 1 aliphatic heterocycles. The Morgan fingerprint density at radius 3 is 2.44 bits per heavy atom. The van der Waals surface area contributed by atoms with Crippen LogP contribution in [0.25, 0.3) is 0 Å². The Kier molecular flexibility index (Phi) is 2.66. The van der Waals surface area contributed by atoms with Gasteiger partial charge in [-0.1, -0.05) is 20.8 Å². The molecule has 1 saturated heterocycles. The third-order valence-electron chi connectivity index (χ3n) is 6.16. The number of hydrogen-bond donors (Lipinski definition) is 2. The van der Waals surface area contributed by atoms with Crippen molar-refractivity contribution in [3.8, 4) is 0 Å². The van der Waals surface area contributed by atoms with Gasteiger partial charge < -0.3 is 14.9 Å². The van der Waals surface area contributed by atoms with Crippen LogP contribution >= 0.6 is 0 Å². The predicted octanol–water partition coefficient (Wildman–Crippen LogP) is 1.96. The third-order valence-corrected chi connectivity index (χ3v) is 6.16. The van der Waals surface area contributed by atoms with Crippen molar-refractivity contribution in [3.63, 3.8) is 0 Å². The van der Waals surface area contributed by atoms with E-state index in [1.165, 1.54) is 6.42 Å². The molecule has 0 aromatic heterocycles. The zero-order valence-electron chi connectivity index (χ0n) is 11.8. The van der Waals surface area contributed by atoms with Crippen molar-refractivity contribution in [2.45, 2.75) is 58.2 Å². The first-order valence-electron chi connectivity index (χ1n) is 7.27. The van der Waals surface area contributed by atoms with Crippen molar-refractivity contribution in [1.29, 1.82) is 0 Å². The molecule has 3 nitrogen and oxygen atoms in total. The fourth-order valence-electron chi connectivity index (χ4n) is 5.45. The lowest BCUT2D eigenvalue weighted by Crippen LogP contribution is -2.58. The highest BCUT2D eigenvalue weighted by atomic mass is 16.6. The Morgan fingerprint density at radius 1 is 1.22 bits per heavy atom. The molecule has 18 heavy (non-hydrogen) atoms. The highest BCUT2D eigenvalue weighted by molar-refractivity contribution is 5.14. The van der Waals surface area contributed by atoms with Gasteiger partial charge in [-0.2, -0.15) is 0 Å². The van der Waals surface area contributed by atoms with E-state index in [-0.39, 0.29) is 35.1 Å². The molecule has 2 N–H and O–H groups in total. The SMILES string of the molecule is CC1(C)CC(O)CC2(C)C1CCC1(CO1)C2CO. The molecule has 0 radical (unpaired) electrons. The van der Waals surface area contributed by atoms with Gasteiger partial charge in [-0.15, -0.1) is 0 Å². The van der Waals surface area contributed by atoms with Crippen molar-refractivity contribution in [3.05, 3.63) is 0 Å². The quantitative estimate of drug-likeness (QED) is 0.703. The molecule has 104 valence electrons. The van der Waals surface area contributed by atoms with E-state index in [2.05, 4.69) is 20.8 Å². The van der Waals surface area contributed by atoms with E-state index >= 15 is 0 Å². The van der Waals surface area contributed by atoms with E-state index in [0.29, 0.717) is 5.92 Å². The molecule has 3 fully saturated rings.